The first-order chi connectivity index (χ1) is 28.3. The van der Waals surface area contributed by atoms with Crippen molar-refractivity contribution in [1.29, 1.82) is 0 Å². The second-order valence-corrected chi connectivity index (χ2v) is 14.8. The van der Waals surface area contributed by atoms with E-state index in [1.807, 2.05) is 0 Å². The lowest BCUT2D eigenvalue weighted by atomic mass is 9.67. The molecule has 0 N–H and O–H groups in total. The Hall–Kier alpha value is -7.42. The van der Waals surface area contributed by atoms with Gasteiger partial charge < -0.3 is 9.32 Å². The number of nitrogens with zero attached hydrogens (tertiary/aromatic N) is 1. The van der Waals surface area contributed by atoms with E-state index < -0.39 is 5.41 Å². The summed E-state index contributed by atoms with van der Waals surface area (Å²) in [5.74, 6) is 0. The monoisotopic (exact) mass is 727 g/mol. The normalized spacial score (nSPS) is 12.7. The summed E-state index contributed by atoms with van der Waals surface area (Å²) in [6.07, 6.45) is 0. The third-order valence-electron chi connectivity index (χ3n) is 11.7. The van der Waals surface area contributed by atoms with Gasteiger partial charge in [0.15, 0.2) is 5.58 Å². The Bertz CT molecular complexity index is 2940. The van der Waals surface area contributed by atoms with Crippen molar-refractivity contribution in [1.82, 2.24) is 0 Å². The number of anilines is 3. The summed E-state index contributed by atoms with van der Waals surface area (Å²) in [5.41, 5.74) is 16.3. The summed E-state index contributed by atoms with van der Waals surface area (Å²) in [7, 11) is 0. The Morgan fingerprint density at radius 1 is 0.333 bits per heavy atom. The zero-order valence-electron chi connectivity index (χ0n) is 31.2. The van der Waals surface area contributed by atoms with Gasteiger partial charge in [0, 0.05) is 27.7 Å². The zero-order chi connectivity index (χ0) is 37.8. The number of hydrogen-bond acceptors (Lipinski definition) is 2. The molecule has 0 radical (unpaired) electrons. The van der Waals surface area contributed by atoms with Gasteiger partial charge in [0.05, 0.1) is 11.1 Å². The van der Waals surface area contributed by atoms with Crippen LogP contribution in [0, 0.1) is 0 Å². The smallest absolute Gasteiger partial charge is 0.159 e. The van der Waals surface area contributed by atoms with Crippen LogP contribution in [0.2, 0.25) is 0 Å². The van der Waals surface area contributed by atoms with Gasteiger partial charge in [0.1, 0.15) is 5.58 Å². The summed E-state index contributed by atoms with van der Waals surface area (Å²) in [6.45, 7) is 0. The van der Waals surface area contributed by atoms with E-state index in [1.165, 1.54) is 38.9 Å². The van der Waals surface area contributed by atoms with Crippen LogP contribution >= 0.6 is 0 Å². The lowest BCUT2D eigenvalue weighted by Crippen LogP contribution is -2.28. The van der Waals surface area contributed by atoms with Gasteiger partial charge >= 0.3 is 0 Å². The van der Waals surface area contributed by atoms with Crippen LogP contribution in [-0.2, 0) is 5.41 Å². The molecule has 1 aromatic heterocycles. The van der Waals surface area contributed by atoms with Crippen molar-refractivity contribution in [2.75, 3.05) is 4.90 Å². The molecule has 0 fully saturated rings. The zero-order valence-corrected chi connectivity index (χ0v) is 31.2. The number of furan rings is 1. The molecule has 0 aliphatic heterocycles. The minimum atomic E-state index is -0.588. The molecule has 1 heterocycles. The fourth-order valence-corrected chi connectivity index (χ4v) is 9.29. The molecule has 268 valence electrons. The maximum atomic E-state index is 7.42. The predicted octanol–water partition coefficient (Wildman–Crippen LogP) is 14.8. The number of para-hydroxylation sites is 2. The predicted molar refractivity (Wildman–Crippen MR) is 237 cm³/mol. The van der Waals surface area contributed by atoms with E-state index in [9.17, 15) is 0 Å². The number of fused-ring (bicyclic) bond motifs is 6. The van der Waals surface area contributed by atoms with Crippen LogP contribution in [0.4, 0.5) is 17.1 Å². The van der Waals surface area contributed by atoms with Crippen LogP contribution < -0.4 is 4.90 Å². The van der Waals surface area contributed by atoms with Crippen LogP contribution in [-0.4, -0.2) is 0 Å². The molecule has 0 saturated heterocycles. The van der Waals surface area contributed by atoms with Crippen LogP contribution in [0.3, 0.4) is 0 Å². The van der Waals surface area contributed by atoms with Crippen molar-refractivity contribution < 1.29 is 4.42 Å². The average Bonchev–Trinajstić information content (AvgIpc) is 3.83. The highest BCUT2D eigenvalue weighted by molar-refractivity contribution is 6.12. The van der Waals surface area contributed by atoms with Gasteiger partial charge in [-0.3, -0.25) is 0 Å². The first-order valence-electron chi connectivity index (χ1n) is 19.6. The highest BCUT2D eigenvalue weighted by atomic mass is 16.3. The SMILES string of the molecule is c1ccc(-c2cccc(N(c3cccc(-c4ccccc4)c3)c3cccc4c3oc3c(C5(c6ccccc6)c6ccccc6-c6ccccc65)cccc34)c2)cc1. The van der Waals surface area contributed by atoms with Crippen molar-refractivity contribution in [3.8, 4) is 33.4 Å². The molecule has 10 aromatic rings. The second-order valence-electron chi connectivity index (χ2n) is 14.8. The second kappa shape index (κ2) is 13.4. The first-order valence-corrected chi connectivity index (χ1v) is 19.6. The minimum Gasteiger partial charge on any atom is -0.453 e. The Balaban J connectivity index is 1.19. The van der Waals surface area contributed by atoms with Gasteiger partial charge in [0.25, 0.3) is 0 Å². The third kappa shape index (κ3) is 5.18. The maximum Gasteiger partial charge on any atom is 0.159 e. The topological polar surface area (TPSA) is 16.4 Å². The summed E-state index contributed by atoms with van der Waals surface area (Å²) in [6, 6.07) is 80.9. The Morgan fingerprint density at radius 3 is 1.35 bits per heavy atom. The maximum absolute atomic E-state index is 7.42. The van der Waals surface area contributed by atoms with E-state index in [2.05, 4.69) is 229 Å². The van der Waals surface area contributed by atoms with Gasteiger partial charge in [-0.15, -0.1) is 0 Å². The molecule has 9 aromatic carbocycles. The van der Waals surface area contributed by atoms with Gasteiger partial charge in [-0.1, -0.05) is 194 Å². The molecule has 0 spiro atoms. The molecule has 11 rings (SSSR count). The number of hydrogen-bond donors (Lipinski definition) is 0. The van der Waals surface area contributed by atoms with Gasteiger partial charge in [-0.25, -0.2) is 0 Å². The largest absolute Gasteiger partial charge is 0.453 e. The molecular weight excluding hydrogens is 691 g/mol. The quantitative estimate of drug-likeness (QED) is 0.163. The highest BCUT2D eigenvalue weighted by Crippen LogP contribution is 2.58. The van der Waals surface area contributed by atoms with E-state index in [-0.39, 0.29) is 0 Å². The molecule has 0 amide bonds. The number of rotatable bonds is 7. The molecule has 2 heteroatoms. The van der Waals surface area contributed by atoms with Crippen molar-refractivity contribution >= 4 is 39.0 Å². The summed E-state index contributed by atoms with van der Waals surface area (Å²) >= 11 is 0. The van der Waals surface area contributed by atoms with Crippen LogP contribution in [0.5, 0.6) is 0 Å². The summed E-state index contributed by atoms with van der Waals surface area (Å²) < 4.78 is 7.42. The van der Waals surface area contributed by atoms with E-state index in [0.717, 1.165) is 55.7 Å². The van der Waals surface area contributed by atoms with E-state index in [4.69, 9.17) is 4.42 Å². The van der Waals surface area contributed by atoms with Crippen LogP contribution in [0.1, 0.15) is 22.3 Å². The van der Waals surface area contributed by atoms with Crippen LogP contribution in [0.25, 0.3) is 55.3 Å². The molecule has 1 aliphatic rings. The molecule has 1 aliphatic carbocycles. The molecule has 57 heavy (non-hydrogen) atoms. The Kier molecular flexibility index (Phi) is 7.75. The van der Waals surface area contributed by atoms with E-state index >= 15 is 0 Å². The van der Waals surface area contributed by atoms with Crippen LogP contribution in [0.15, 0.2) is 229 Å². The molecule has 0 atom stereocenters. The Labute approximate surface area is 332 Å². The lowest BCUT2D eigenvalue weighted by molar-refractivity contribution is 0.648. The van der Waals surface area contributed by atoms with Gasteiger partial charge in [-0.05, 0) is 80.4 Å². The fraction of sp³-hybridized carbons (Fsp3) is 0.0182. The number of benzene rings is 9. The first kappa shape index (κ1) is 33.0. The van der Waals surface area contributed by atoms with E-state index in [1.54, 1.807) is 0 Å². The molecule has 0 bridgehead atoms. The highest BCUT2D eigenvalue weighted by Gasteiger charge is 2.47. The molecule has 0 saturated carbocycles. The third-order valence-corrected chi connectivity index (χ3v) is 11.7. The minimum absolute atomic E-state index is 0.588. The average molecular weight is 728 g/mol. The van der Waals surface area contributed by atoms with E-state index in [0.29, 0.717) is 0 Å². The molecular formula is C55H37NO. The Morgan fingerprint density at radius 2 is 0.772 bits per heavy atom. The van der Waals surface area contributed by atoms with Crippen molar-refractivity contribution in [3.05, 3.63) is 247 Å². The van der Waals surface area contributed by atoms with Crippen molar-refractivity contribution in [2.24, 2.45) is 0 Å². The van der Waals surface area contributed by atoms with Crippen molar-refractivity contribution in [2.45, 2.75) is 5.41 Å². The van der Waals surface area contributed by atoms with Crippen molar-refractivity contribution in [3.63, 3.8) is 0 Å². The fourth-order valence-electron chi connectivity index (χ4n) is 9.29. The lowest BCUT2D eigenvalue weighted by Gasteiger charge is -2.33. The summed E-state index contributed by atoms with van der Waals surface area (Å²) in [4.78, 5) is 2.36. The molecule has 2 nitrogen and oxygen atoms in total. The standard InChI is InChI=1S/C55H37NO/c1-4-18-38(19-5-1)40-22-14-26-43(36-40)56(44-27-15-23-41(37-44)39-20-6-2-7-21-39)52-35-17-31-48-47-30-16-34-51(53(47)57-54(48)52)55(42-24-8-3-9-25-42)49-32-12-10-28-45(49)46-29-11-13-33-50(46)55/h1-37H. The summed E-state index contributed by atoms with van der Waals surface area (Å²) in [5, 5.41) is 2.17. The van der Waals surface area contributed by atoms with Gasteiger partial charge in [0.2, 0.25) is 0 Å². The van der Waals surface area contributed by atoms with Gasteiger partial charge in [-0.2, -0.15) is 0 Å². The molecule has 0 unspecified atom stereocenters.